The highest BCUT2D eigenvalue weighted by molar-refractivity contribution is 6.09. The predicted molar refractivity (Wildman–Crippen MR) is 101 cm³/mol. The zero-order valence-electron chi connectivity index (χ0n) is 14.8. The van der Waals surface area contributed by atoms with Crippen molar-refractivity contribution in [2.75, 3.05) is 10.6 Å². The monoisotopic (exact) mass is 350 g/mol. The van der Waals surface area contributed by atoms with Gasteiger partial charge in [-0.1, -0.05) is 25.3 Å². The highest BCUT2D eigenvalue weighted by Gasteiger charge is 2.24. The molecule has 0 bridgehead atoms. The van der Waals surface area contributed by atoms with Gasteiger partial charge in [0.1, 0.15) is 5.75 Å². The first-order valence-electron chi connectivity index (χ1n) is 9.15. The van der Waals surface area contributed by atoms with Crippen molar-refractivity contribution >= 4 is 23.2 Å². The average Bonchev–Trinajstić information content (AvgIpc) is 2.78. The topological polar surface area (TPSA) is 67.4 Å². The Hall–Kier alpha value is -2.82. The molecule has 0 unspecified atom stereocenters. The van der Waals surface area contributed by atoms with Crippen LogP contribution in [-0.4, -0.2) is 11.8 Å². The molecule has 2 amide bonds. The molecule has 134 valence electrons. The van der Waals surface area contributed by atoms with E-state index in [1.807, 2.05) is 25.1 Å². The number of amides is 2. The van der Waals surface area contributed by atoms with Crippen molar-refractivity contribution in [3.63, 3.8) is 0 Å². The molecule has 2 aliphatic rings. The Morgan fingerprint density at radius 3 is 2.65 bits per heavy atom. The van der Waals surface area contributed by atoms with Crippen LogP contribution in [-0.2, 0) is 4.79 Å². The van der Waals surface area contributed by atoms with Gasteiger partial charge in [0, 0.05) is 11.6 Å². The number of hydrogen-bond donors (Lipinski definition) is 2. The lowest BCUT2D eigenvalue weighted by Crippen LogP contribution is -2.24. The summed E-state index contributed by atoms with van der Waals surface area (Å²) in [6.07, 6.45) is 5.30. The summed E-state index contributed by atoms with van der Waals surface area (Å²) in [5, 5.41) is 5.85. The van der Waals surface area contributed by atoms with Gasteiger partial charge < -0.3 is 15.4 Å². The zero-order chi connectivity index (χ0) is 18.1. The van der Waals surface area contributed by atoms with Crippen molar-refractivity contribution < 1.29 is 14.3 Å². The van der Waals surface area contributed by atoms with Crippen LogP contribution in [0.5, 0.6) is 11.5 Å². The fourth-order valence-corrected chi connectivity index (χ4v) is 3.62. The molecular formula is C21H22N2O3. The van der Waals surface area contributed by atoms with E-state index in [9.17, 15) is 9.59 Å². The molecule has 5 nitrogen and oxygen atoms in total. The van der Waals surface area contributed by atoms with E-state index in [0.717, 1.165) is 31.2 Å². The number of hydrogen-bond acceptors (Lipinski definition) is 3. The number of ether oxygens (including phenoxy) is 1. The molecule has 26 heavy (non-hydrogen) atoms. The predicted octanol–water partition coefficient (Wildman–Crippen LogP) is 4.87. The van der Waals surface area contributed by atoms with Gasteiger partial charge in [0.15, 0.2) is 5.75 Å². The van der Waals surface area contributed by atoms with Crippen molar-refractivity contribution in [1.29, 1.82) is 0 Å². The molecular weight excluding hydrogens is 328 g/mol. The second-order valence-corrected chi connectivity index (χ2v) is 7.09. The molecule has 0 radical (unpaired) electrons. The summed E-state index contributed by atoms with van der Waals surface area (Å²) in [6.45, 7) is 1.96. The Bertz CT molecular complexity index is 870. The van der Waals surface area contributed by atoms with E-state index in [1.165, 1.54) is 6.42 Å². The van der Waals surface area contributed by atoms with Gasteiger partial charge in [0.25, 0.3) is 5.91 Å². The van der Waals surface area contributed by atoms with E-state index in [1.54, 1.807) is 18.2 Å². The number of carbonyl (C=O) groups excluding carboxylic acids is 2. The second kappa shape index (κ2) is 6.83. The van der Waals surface area contributed by atoms with E-state index in [4.69, 9.17) is 4.74 Å². The van der Waals surface area contributed by atoms with Crippen LogP contribution in [0.15, 0.2) is 36.4 Å². The van der Waals surface area contributed by atoms with Gasteiger partial charge in [0.2, 0.25) is 5.91 Å². The van der Waals surface area contributed by atoms with E-state index in [-0.39, 0.29) is 17.7 Å². The first kappa shape index (κ1) is 16.6. The molecule has 2 N–H and O–H groups in total. The minimum atomic E-state index is -0.238. The molecule has 5 heteroatoms. The van der Waals surface area contributed by atoms with Crippen molar-refractivity contribution in [3.05, 3.63) is 47.5 Å². The molecule has 0 spiro atoms. The largest absolute Gasteiger partial charge is 0.454 e. The highest BCUT2D eigenvalue weighted by atomic mass is 16.5. The molecule has 0 atom stereocenters. The Balaban J connectivity index is 1.57. The highest BCUT2D eigenvalue weighted by Crippen LogP contribution is 2.37. The molecule has 2 aromatic rings. The zero-order valence-corrected chi connectivity index (χ0v) is 14.8. The molecule has 1 aliphatic heterocycles. The summed E-state index contributed by atoms with van der Waals surface area (Å²) in [7, 11) is 0. The minimum Gasteiger partial charge on any atom is -0.454 e. The lowest BCUT2D eigenvalue weighted by Gasteiger charge is -2.21. The number of aryl methyl sites for hydroxylation is 1. The summed E-state index contributed by atoms with van der Waals surface area (Å²) in [5.41, 5.74) is 2.73. The summed E-state index contributed by atoms with van der Waals surface area (Å²) >= 11 is 0. The van der Waals surface area contributed by atoms with Crippen LogP contribution in [0.3, 0.4) is 0 Å². The molecule has 1 heterocycles. The summed E-state index contributed by atoms with van der Waals surface area (Å²) in [5.74, 6) is 0.971. The third-order valence-corrected chi connectivity index (χ3v) is 5.07. The lowest BCUT2D eigenvalue weighted by molar-refractivity contribution is -0.120. The number of rotatable bonds is 2. The Kier molecular flexibility index (Phi) is 4.37. The first-order chi connectivity index (χ1) is 12.6. The van der Waals surface area contributed by atoms with Gasteiger partial charge in [-0.3, -0.25) is 9.59 Å². The number of anilines is 2. The molecule has 4 rings (SSSR count). The average molecular weight is 350 g/mol. The first-order valence-corrected chi connectivity index (χ1v) is 9.15. The maximum absolute atomic E-state index is 12.6. The molecule has 2 aromatic carbocycles. The summed E-state index contributed by atoms with van der Waals surface area (Å²) in [6, 6.07) is 10.9. The summed E-state index contributed by atoms with van der Waals surface area (Å²) in [4.78, 5) is 25.1. The number of benzene rings is 2. The maximum atomic E-state index is 12.6. The van der Waals surface area contributed by atoms with Crippen molar-refractivity contribution in [3.8, 4) is 11.5 Å². The number of fused-ring (bicyclic) bond motifs is 2. The van der Waals surface area contributed by atoms with Crippen LogP contribution >= 0.6 is 0 Å². The maximum Gasteiger partial charge on any atom is 0.259 e. The van der Waals surface area contributed by atoms with Crippen LogP contribution in [0.1, 0.15) is 48.0 Å². The Morgan fingerprint density at radius 1 is 1.08 bits per heavy atom. The third-order valence-electron chi connectivity index (χ3n) is 5.07. The van der Waals surface area contributed by atoms with E-state index in [0.29, 0.717) is 28.4 Å². The lowest BCUT2D eigenvalue weighted by atomic mass is 9.88. The third kappa shape index (κ3) is 3.29. The normalized spacial score (nSPS) is 16.6. The molecule has 1 saturated carbocycles. The Labute approximate surface area is 152 Å². The van der Waals surface area contributed by atoms with E-state index in [2.05, 4.69) is 10.6 Å². The number of carbonyl (C=O) groups is 2. The summed E-state index contributed by atoms with van der Waals surface area (Å²) < 4.78 is 5.91. The molecule has 0 aromatic heterocycles. The van der Waals surface area contributed by atoms with E-state index < -0.39 is 0 Å². The van der Waals surface area contributed by atoms with Crippen LogP contribution in [0.25, 0.3) is 0 Å². The van der Waals surface area contributed by atoms with E-state index >= 15 is 0 Å². The van der Waals surface area contributed by atoms with Crippen LogP contribution in [0, 0.1) is 12.8 Å². The minimum absolute atomic E-state index is 0.0403. The van der Waals surface area contributed by atoms with Gasteiger partial charge in [-0.05, 0) is 55.7 Å². The van der Waals surface area contributed by atoms with Gasteiger partial charge in [-0.25, -0.2) is 0 Å². The van der Waals surface area contributed by atoms with Crippen molar-refractivity contribution in [2.24, 2.45) is 5.92 Å². The van der Waals surface area contributed by atoms with Gasteiger partial charge in [-0.15, -0.1) is 0 Å². The standard InChI is InChI=1S/C21H22N2O3/c1-13-7-9-19-17(11-13)23-21(25)16-12-15(8-10-18(16)26-19)22-20(24)14-5-3-2-4-6-14/h7-12,14H,2-6H2,1H3,(H,22,24)(H,23,25). The fourth-order valence-electron chi connectivity index (χ4n) is 3.62. The van der Waals surface area contributed by atoms with Crippen LogP contribution in [0.4, 0.5) is 11.4 Å². The molecule has 1 fully saturated rings. The second-order valence-electron chi connectivity index (χ2n) is 7.09. The quantitative estimate of drug-likeness (QED) is 0.812. The smallest absolute Gasteiger partial charge is 0.259 e. The Morgan fingerprint density at radius 2 is 1.85 bits per heavy atom. The van der Waals surface area contributed by atoms with Crippen molar-refractivity contribution in [1.82, 2.24) is 0 Å². The van der Waals surface area contributed by atoms with Gasteiger partial charge >= 0.3 is 0 Å². The molecule has 1 aliphatic carbocycles. The SMILES string of the molecule is Cc1ccc2c(c1)NC(=O)c1cc(NC(=O)C3CCCCC3)ccc1O2. The molecule has 0 saturated heterocycles. The van der Waals surface area contributed by atoms with Crippen molar-refractivity contribution in [2.45, 2.75) is 39.0 Å². The fraction of sp³-hybridized carbons (Fsp3) is 0.333. The van der Waals surface area contributed by atoms with Gasteiger partial charge in [0.05, 0.1) is 11.3 Å². The van der Waals surface area contributed by atoms with Crippen LogP contribution in [0.2, 0.25) is 0 Å². The van der Waals surface area contributed by atoms with Gasteiger partial charge in [-0.2, -0.15) is 0 Å². The number of nitrogens with one attached hydrogen (secondary N) is 2. The van der Waals surface area contributed by atoms with Crippen LogP contribution < -0.4 is 15.4 Å².